The maximum absolute atomic E-state index is 12.4. The molecule has 2 unspecified atom stereocenters. The molecule has 1 aromatic rings. The molecule has 2 fully saturated rings. The SMILES string of the molecule is CNC(=O)COC1COC2(CCN(C(=O)c3ccn(C)n3)C2)C1. The van der Waals surface area contributed by atoms with Crippen LogP contribution in [0.1, 0.15) is 23.3 Å². The third kappa shape index (κ3) is 3.37. The molecule has 0 bridgehead atoms. The standard InChI is InChI=1S/C15H22N4O4/c1-16-13(20)9-22-11-7-15(23-8-11)4-6-19(10-15)14(21)12-3-5-18(2)17-12/h3,5,11H,4,6-10H2,1-2H3,(H,16,20). The lowest BCUT2D eigenvalue weighted by atomic mass is 9.98. The quantitative estimate of drug-likeness (QED) is 0.812. The van der Waals surface area contributed by atoms with Crippen LogP contribution in [-0.2, 0) is 21.3 Å². The lowest BCUT2D eigenvalue weighted by Crippen LogP contribution is -2.36. The third-order valence-electron chi connectivity index (χ3n) is 4.44. The fourth-order valence-corrected chi connectivity index (χ4v) is 3.17. The molecule has 2 aliphatic rings. The molecular formula is C15H22N4O4. The minimum Gasteiger partial charge on any atom is -0.370 e. The molecule has 0 radical (unpaired) electrons. The molecule has 3 heterocycles. The van der Waals surface area contributed by atoms with Crippen molar-refractivity contribution in [2.75, 3.05) is 33.4 Å². The Hall–Kier alpha value is -1.93. The van der Waals surface area contributed by atoms with Crippen LogP contribution in [0.25, 0.3) is 0 Å². The summed E-state index contributed by atoms with van der Waals surface area (Å²) in [5.74, 6) is -0.217. The Balaban J connectivity index is 1.55. The van der Waals surface area contributed by atoms with Gasteiger partial charge in [0.25, 0.3) is 5.91 Å². The van der Waals surface area contributed by atoms with Crippen LogP contribution in [0, 0.1) is 0 Å². The lowest BCUT2D eigenvalue weighted by molar-refractivity contribution is -0.127. The molecule has 0 aromatic carbocycles. The average Bonchev–Trinajstić information content (AvgIpc) is 3.26. The van der Waals surface area contributed by atoms with Crippen molar-refractivity contribution in [2.45, 2.75) is 24.5 Å². The first kappa shape index (κ1) is 15.9. The zero-order valence-corrected chi connectivity index (χ0v) is 13.4. The van der Waals surface area contributed by atoms with E-state index in [1.54, 1.807) is 35.9 Å². The molecule has 1 spiro atoms. The number of aryl methyl sites for hydroxylation is 1. The van der Waals surface area contributed by atoms with Gasteiger partial charge in [-0.2, -0.15) is 5.10 Å². The summed E-state index contributed by atoms with van der Waals surface area (Å²) in [6.07, 6.45) is 3.15. The molecule has 8 heteroatoms. The highest BCUT2D eigenvalue weighted by Gasteiger charge is 2.47. The van der Waals surface area contributed by atoms with Gasteiger partial charge in [-0.25, -0.2) is 0 Å². The van der Waals surface area contributed by atoms with Crippen LogP contribution in [0.4, 0.5) is 0 Å². The summed E-state index contributed by atoms with van der Waals surface area (Å²) in [6, 6.07) is 1.72. The Morgan fingerprint density at radius 2 is 2.39 bits per heavy atom. The van der Waals surface area contributed by atoms with E-state index in [9.17, 15) is 9.59 Å². The van der Waals surface area contributed by atoms with Gasteiger partial charge in [-0.05, 0) is 12.5 Å². The van der Waals surface area contributed by atoms with E-state index in [0.717, 1.165) is 6.42 Å². The summed E-state index contributed by atoms with van der Waals surface area (Å²) < 4.78 is 13.1. The molecule has 2 amide bonds. The third-order valence-corrected chi connectivity index (χ3v) is 4.44. The van der Waals surface area contributed by atoms with Crippen molar-refractivity contribution in [2.24, 2.45) is 7.05 Å². The first-order valence-electron chi connectivity index (χ1n) is 7.76. The molecule has 0 saturated carbocycles. The number of hydrogen-bond acceptors (Lipinski definition) is 5. The normalized spacial score (nSPS) is 26.9. The Labute approximate surface area is 134 Å². The predicted molar refractivity (Wildman–Crippen MR) is 80.8 cm³/mol. The number of nitrogens with one attached hydrogen (secondary N) is 1. The van der Waals surface area contributed by atoms with E-state index in [-0.39, 0.29) is 30.1 Å². The zero-order valence-electron chi connectivity index (χ0n) is 13.4. The first-order valence-corrected chi connectivity index (χ1v) is 7.76. The van der Waals surface area contributed by atoms with Gasteiger partial charge in [0.1, 0.15) is 12.3 Å². The second kappa shape index (κ2) is 6.29. The summed E-state index contributed by atoms with van der Waals surface area (Å²) >= 11 is 0. The minimum absolute atomic E-state index is 0.0389. The Morgan fingerprint density at radius 1 is 1.57 bits per heavy atom. The predicted octanol–water partition coefficient (Wildman–Crippen LogP) is -0.444. The van der Waals surface area contributed by atoms with E-state index < -0.39 is 0 Å². The number of likely N-dealkylation sites (tertiary alicyclic amines) is 1. The monoisotopic (exact) mass is 322 g/mol. The van der Waals surface area contributed by atoms with Gasteiger partial charge in [0, 0.05) is 33.3 Å². The smallest absolute Gasteiger partial charge is 0.274 e. The summed E-state index contributed by atoms with van der Waals surface area (Å²) in [4.78, 5) is 25.5. The number of rotatable bonds is 4. The molecular weight excluding hydrogens is 300 g/mol. The number of likely N-dealkylation sites (N-methyl/N-ethyl adjacent to an activating group) is 1. The van der Waals surface area contributed by atoms with Crippen molar-refractivity contribution in [3.05, 3.63) is 18.0 Å². The molecule has 0 aliphatic carbocycles. The van der Waals surface area contributed by atoms with Crippen molar-refractivity contribution < 1.29 is 19.1 Å². The summed E-state index contributed by atoms with van der Waals surface area (Å²) in [7, 11) is 3.37. The van der Waals surface area contributed by atoms with Crippen LogP contribution in [0.15, 0.2) is 12.3 Å². The highest BCUT2D eigenvalue weighted by molar-refractivity contribution is 5.92. The second-order valence-corrected chi connectivity index (χ2v) is 6.16. The molecule has 3 rings (SSSR count). The largest absolute Gasteiger partial charge is 0.370 e. The maximum Gasteiger partial charge on any atom is 0.274 e. The number of carbonyl (C=O) groups excluding carboxylic acids is 2. The van der Waals surface area contributed by atoms with Gasteiger partial charge in [-0.3, -0.25) is 14.3 Å². The lowest BCUT2D eigenvalue weighted by Gasteiger charge is -2.23. The maximum atomic E-state index is 12.4. The van der Waals surface area contributed by atoms with Crippen LogP contribution < -0.4 is 5.32 Å². The molecule has 2 saturated heterocycles. The molecule has 1 N–H and O–H groups in total. The van der Waals surface area contributed by atoms with Crippen molar-refractivity contribution in [1.29, 1.82) is 0 Å². The zero-order chi connectivity index (χ0) is 16.4. The van der Waals surface area contributed by atoms with Crippen LogP contribution in [-0.4, -0.2) is 71.6 Å². The van der Waals surface area contributed by atoms with E-state index in [4.69, 9.17) is 9.47 Å². The van der Waals surface area contributed by atoms with Gasteiger partial charge in [0.05, 0.1) is 24.9 Å². The highest BCUT2D eigenvalue weighted by Crippen LogP contribution is 2.36. The Kier molecular flexibility index (Phi) is 4.36. The molecule has 2 aliphatic heterocycles. The second-order valence-electron chi connectivity index (χ2n) is 6.16. The molecule has 8 nitrogen and oxygen atoms in total. The van der Waals surface area contributed by atoms with E-state index in [1.807, 2.05) is 0 Å². The number of hydrogen-bond donors (Lipinski definition) is 1. The molecule has 1 aromatic heterocycles. The summed E-state index contributed by atoms with van der Waals surface area (Å²) in [6.45, 7) is 1.69. The average molecular weight is 322 g/mol. The highest BCUT2D eigenvalue weighted by atomic mass is 16.6. The van der Waals surface area contributed by atoms with Crippen LogP contribution in [0.5, 0.6) is 0 Å². The van der Waals surface area contributed by atoms with Gasteiger partial charge in [0.2, 0.25) is 5.91 Å². The number of amides is 2. The number of aromatic nitrogens is 2. The van der Waals surface area contributed by atoms with Gasteiger partial charge in [-0.1, -0.05) is 0 Å². The Bertz CT molecular complexity index is 602. The number of nitrogens with zero attached hydrogens (tertiary/aromatic N) is 3. The van der Waals surface area contributed by atoms with Crippen molar-refractivity contribution in [1.82, 2.24) is 20.0 Å². The topological polar surface area (TPSA) is 85.7 Å². The number of carbonyl (C=O) groups is 2. The number of ether oxygens (including phenoxy) is 2. The first-order chi connectivity index (χ1) is 11.0. The molecule has 2 atom stereocenters. The summed E-state index contributed by atoms with van der Waals surface area (Å²) in [5, 5.41) is 6.68. The minimum atomic E-state index is -0.349. The van der Waals surface area contributed by atoms with Gasteiger partial charge >= 0.3 is 0 Å². The van der Waals surface area contributed by atoms with Crippen molar-refractivity contribution in [3.8, 4) is 0 Å². The fraction of sp³-hybridized carbons (Fsp3) is 0.667. The van der Waals surface area contributed by atoms with Crippen molar-refractivity contribution in [3.63, 3.8) is 0 Å². The van der Waals surface area contributed by atoms with Gasteiger partial charge in [-0.15, -0.1) is 0 Å². The van der Waals surface area contributed by atoms with Crippen molar-refractivity contribution >= 4 is 11.8 Å². The van der Waals surface area contributed by atoms with Crippen LogP contribution in [0.2, 0.25) is 0 Å². The van der Waals surface area contributed by atoms with Gasteiger partial charge < -0.3 is 19.7 Å². The fourth-order valence-electron chi connectivity index (χ4n) is 3.17. The Morgan fingerprint density at radius 3 is 3.09 bits per heavy atom. The molecule has 23 heavy (non-hydrogen) atoms. The summed E-state index contributed by atoms with van der Waals surface area (Å²) in [5.41, 5.74) is 0.104. The van der Waals surface area contributed by atoms with E-state index in [2.05, 4.69) is 10.4 Å². The molecule has 126 valence electrons. The van der Waals surface area contributed by atoms with E-state index >= 15 is 0 Å². The van der Waals surface area contributed by atoms with E-state index in [0.29, 0.717) is 31.8 Å². The van der Waals surface area contributed by atoms with E-state index in [1.165, 1.54) is 0 Å². The van der Waals surface area contributed by atoms with Crippen LogP contribution >= 0.6 is 0 Å². The van der Waals surface area contributed by atoms with Gasteiger partial charge in [0.15, 0.2) is 0 Å². The van der Waals surface area contributed by atoms with Crippen LogP contribution in [0.3, 0.4) is 0 Å².